The predicted molar refractivity (Wildman–Crippen MR) is 137 cm³/mol. The Morgan fingerprint density at radius 3 is 2.58 bits per heavy atom. The van der Waals surface area contributed by atoms with Gasteiger partial charge in [0.2, 0.25) is 0 Å². The molecular formula is C28H36N4O4. The average molecular weight is 493 g/mol. The Morgan fingerprint density at radius 2 is 1.86 bits per heavy atom. The SMILES string of the molecule is CCCCCCN1C[C@H](n2cc(COC(=O)c3ccccc3)nn2)[C@@H](O)C[C@@H]1c1ccc(OC)cc1. The number of aromatic nitrogens is 3. The third kappa shape index (κ3) is 6.50. The van der Waals surface area contributed by atoms with Crippen LogP contribution in [0.5, 0.6) is 5.75 Å². The lowest BCUT2D eigenvalue weighted by Crippen LogP contribution is -2.46. The van der Waals surface area contributed by atoms with E-state index in [1.54, 1.807) is 42.3 Å². The standard InChI is InChI=1S/C28H36N4O4/c1-3-4-5-9-16-31-19-26(27(33)17-25(31)21-12-14-24(35-2)15-13-21)32-18-23(29-30-32)20-36-28(34)22-10-7-6-8-11-22/h6-8,10-15,18,25-27,33H,3-5,9,16-17,19-20H2,1-2H3/t25-,26+,27+/m1/s1. The highest BCUT2D eigenvalue weighted by Crippen LogP contribution is 2.36. The Balaban J connectivity index is 1.43. The van der Waals surface area contributed by atoms with Gasteiger partial charge in [-0.3, -0.25) is 4.90 Å². The number of nitrogens with zero attached hydrogens (tertiary/aromatic N) is 4. The molecule has 1 N–H and O–H groups in total. The van der Waals surface area contributed by atoms with Crippen LogP contribution < -0.4 is 4.74 Å². The molecule has 8 heteroatoms. The molecule has 4 rings (SSSR count). The molecule has 1 aliphatic heterocycles. The number of piperidine rings is 1. The molecule has 2 aromatic carbocycles. The summed E-state index contributed by atoms with van der Waals surface area (Å²) in [5.74, 6) is 0.425. The lowest BCUT2D eigenvalue weighted by Gasteiger charge is -2.42. The van der Waals surface area contributed by atoms with Crippen LogP contribution in [0.1, 0.15) is 72.7 Å². The summed E-state index contributed by atoms with van der Waals surface area (Å²) < 4.78 is 12.4. The van der Waals surface area contributed by atoms with Crippen molar-refractivity contribution >= 4 is 5.97 Å². The minimum atomic E-state index is -0.578. The zero-order chi connectivity index (χ0) is 25.3. The van der Waals surface area contributed by atoms with Gasteiger partial charge in [-0.15, -0.1) is 5.10 Å². The molecule has 36 heavy (non-hydrogen) atoms. The van der Waals surface area contributed by atoms with Gasteiger partial charge >= 0.3 is 5.97 Å². The maximum Gasteiger partial charge on any atom is 0.338 e. The first-order valence-corrected chi connectivity index (χ1v) is 12.8. The van der Waals surface area contributed by atoms with Crippen molar-refractivity contribution in [2.45, 2.75) is 63.8 Å². The summed E-state index contributed by atoms with van der Waals surface area (Å²) in [4.78, 5) is 14.7. The van der Waals surface area contributed by atoms with Crippen molar-refractivity contribution < 1.29 is 19.4 Å². The van der Waals surface area contributed by atoms with Crippen LogP contribution in [-0.2, 0) is 11.3 Å². The van der Waals surface area contributed by atoms with Crippen molar-refractivity contribution in [3.63, 3.8) is 0 Å². The number of carbonyl (C=O) groups is 1. The molecule has 1 aliphatic rings. The minimum Gasteiger partial charge on any atom is -0.497 e. The molecule has 3 aromatic rings. The molecule has 0 unspecified atom stereocenters. The summed E-state index contributed by atoms with van der Waals surface area (Å²) in [6, 6.07) is 16.9. The zero-order valence-corrected chi connectivity index (χ0v) is 21.1. The maximum atomic E-state index is 12.2. The first-order chi connectivity index (χ1) is 17.6. The molecule has 0 aliphatic carbocycles. The molecule has 0 saturated carbocycles. The Labute approximate surface area is 212 Å². The van der Waals surface area contributed by atoms with Gasteiger partial charge in [-0.2, -0.15) is 0 Å². The highest BCUT2D eigenvalue weighted by atomic mass is 16.5. The van der Waals surface area contributed by atoms with Crippen LogP contribution in [0.2, 0.25) is 0 Å². The molecular weight excluding hydrogens is 456 g/mol. The van der Waals surface area contributed by atoms with Crippen LogP contribution in [0.15, 0.2) is 60.8 Å². The van der Waals surface area contributed by atoms with Gasteiger partial charge in [-0.1, -0.05) is 61.7 Å². The molecule has 3 atom stereocenters. The molecule has 1 fully saturated rings. The largest absolute Gasteiger partial charge is 0.497 e. The van der Waals surface area contributed by atoms with E-state index in [2.05, 4.69) is 34.3 Å². The second-order valence-electron chi connectivity index (χ2n) is 9.35. The Bertz CT molecular complexity index is 1090. The molecule has 1 aromatic heterocycles. The quantitative estimate of drug-likeness (QED) is 0.310. The number of carbonyl (C=O) groups excluding carboxylic acids is 1. The van der Waals surface area contributed by atoms with E-state index in [9.17, 15) is 9.90 Å². The van der Waals surface area contributed by atoms with Crippen molar-refractivity contribution in [1.82, 2.24) is 19.9 Å². The molecule has 0 amide bonds. The number of methoxy groups -OCH3 is 1. The summed E-state index contributed by atoms with van der Waals surface area (Å²) in [5, 5.41) is 19.6. The summed E-state index contributed by atoms with van der Waals surface area (Å²) in [5.41, 5.74) is 2.23. The number of hydrogen-bond donors (Lipinski definition) is 1. The summed E-state index contributed by atoms with van der Waals surface area (Å²) in [6.45, 7) is 3.87. The fraction of sp³-hybridized carbons (Fsp3) is 0.464. The van der Waals surface area contributed by atoms with E-state index in [0.29, 0.717) is 24.2 Å². The van der Waals surface area contributed by atoms with E-state index in [4.69, 9.17) is 9.47 Å². The zero-order valence-electron chi connectivity index (χ0n) is 21.1. The minimum absolute atomic E-state index is 0.0335. The van der Waals surface area contributed by atoms with Crippen molar-refractivity contribution in [3.05, 3.63) is 77.6 Å². The van der Waals surface area contributed by atoms with E-state index in [0.717, 1.165) is 18.7 Å². The molecule has 1 saturated heterocycles. The average Bonchev–Trinajstić information content (AvgIpc) is 3.39. The number of benzene rings is 2. The van der Waals surface area contributed by atoms with Gasteiger partial charge in [0.1, 0.15) is 18.1 Å². The van der Waals surface area contributed by atoms with Gasteiger partial charge in [0.05, 0.1) is 31.0 Å². The van der Waals surface area contributed by atoms with E-state index < -0.39 is 12.1 Å². The van der Waals surface area contributed by atoms with Crippen molar-refractivity contribution in [3.8, 4) is 5.75 Å². The van der Waals surface area contributed by atoms with Crippen molar-refractivity contribution in [1.29, 1.82) is 0 Å². The highest BCUT2D eigenvalue weighted by molar-refractivity contribution is 5.89. The fourth-order valence-corrected chi connectivity index (χ4v) is 4.78. The lowest BCUT2D eigenvalue weighted by atomic mass is 9.90. The number of unbranched alkanes of at least 4 members (excludes halogenated alkanes) is 3. The number of aliphatic hydroxyl groups is 1. The van der Waals surface area contributed by atoms with Gasteiger partial charge < -0.3 is 14.6 Å². The number of likely N-dealkylation sites (tertiary alicyclic amines) is 1. The molecule has 0 spiro atoms. The Kier molecular flexibility index (Phi) is 9.08. The molecule has 8 nitrogen and oxygen atoms in total. The van der Waals surface area contributed by atoms with Crippen LogP contribution >= 0.6 is 0 Å². The van der Waals surface area contributed by atoms with Gasteiger partial charge in [0.15, 0.2) is 0 Å². The molecule has 0 radical (unpaired) electrons. The second-order valence-corrected chi connectivity index (χ2v) is 9.35. The molecule has 192 valence electrons. The summed E-state index contributed by atoms with van der Waals surface area (Å²) in [7, 11) is 1.67. The van der Waals surface area contributed by atoms with Crippen LogP contribution in [0.3, 0.4) is 0 Å². The topological polar surface area (TPSA) is 89.7 Å². The number of ether oxygens (including phenoxy) is 2. The highest BCUT2D eigenvalue weighted by Gasteiger charge is 2.36. The fourth-order valence-electron chi connectivity index (χ4n) is 4.78. The van der Waals surface area contributed by atoms with Crippen LogP contribution in [0.4, 0.5) is 0 Å². The predicted octanol–water partition coefficient (Wildman–Crippen LogP) is 4.57. The summed E-state index contributed by atoms with van der Waals surface area (Å²) in [6.07, 6.45) is 6.52. The maximum absolute atomic E-state index is 12.2. The number of hydrogen-bond acceptors (Lipinski definition) is 7. The third-order valence-corrected chi connectivity index (χ3v) is 6.83. The van der Waals surface area contributed by atoms with E-state index >= 15 is 0 Å². The third-order valence-electron chi connectivity index (χ3n) is 6.83. The number of aliphatic hydroxyl groups excluding tert-OH is 1. The Hall–Kier alpha value is -3.23. The van der Waals surface area contributed by atoms with Crippen molar-refractivity contribution in [2.75, 3.05) is 20.2 Å². The Morgan fingerprint density at radius 1 is 1.08 bits per heavy atom. The van der Waals surface area contributed by atoms with Gasteiger partial charge in [-0.25, -0.2) is 9.48 Å². The van der Waals surface area contributed by atoms with E-state index in [1.165, 1.54) is 24.8 Å². The van der Waals surface area contributed by atoms with Crippen LogP contribution in [0.25, 0.3) is 0 Å². The first-order valence-electron chi connectivity index (χ1n) is 12.8. The number of rotatable bonds is 11. The van der Waals surface area contributed by atoms with Gasteiger partial charge in [0, 0.05) is 12.6 Å². The van der Waals surface area contributed by atoms with Gasteiger partial charge in [0.25, 0.3) is 0 Å². The van der Waals surface area contributed by atoms with E-state index in [-0.39, 0.29) is 18.7 Å². The first kappa shape index (κ1) is 25.9. The lowest BCUT2D eigenvalue weighted by molar-refractivity contribution is -0.00779. The molecule has 2 heterocycles. The normalized spacial score (nSPS) is 20.2. The van der Waals surface area contributed by atoms with Crippen LogP contribution in [0, 0.1) is 0 Å². The number of esters is 1. The van der Waals surface area contributed by atoms with Crippen molar-refractivity contribution in [2.24, 2.45) is 0 Å². The monoisotopic (exact) mass is 492 g/mol. The summed E-state index contributed by atoms with van der Waals surface area (Å²) >= 11 is 0. The van der Waals surface area contributed by atoms with Gasteiger partial charge in [-0.05, 0) is 49.2 Å². The smallest absolute Gasteiger partial charge is 0.338 e. The second kappa shape index (κ2) is 12.6. The van der Waals surface area contributed by atoms with Crippen LogP contribution in [-0.4, -0.2) is 57.3 Å². The van der Waals surface area contributed by atoms with E-state index in [1.807, 2.05) is 18.2 Å². The molecule has 0 bridgehead atoms.